The van der Waals surface area contributed by atoms with Gasteiger partial charge in [-0.2, -0.15) is 0 Å². The van der Waals surface area contributed by atoms with Crippen LogP contribution >= 0.6 is 0 Å². The van der Waals surface area contributed by atoms with Crippen molar-refractivity contribution in [1.29, 1.82) is 0 Å². The second-order valence-electron chi connectivity index (χ2n) is 4.62. The van der Waals surface area contributed by atoms with E-state index >= 15 is 0 Å². The second kappa shape index (κ2) is 7.59. The maximum atomic E-state index is 5.50. The summed E-state index contributed by atoms with van der Waals surface area (Å²) in [5.41, 5.74) is 3.29. The van der Waals surface area contributed by atoms with E-state index in [0.29, 0.717) is 25.6 Å². The number of ether oxygens (including phenoxy) is 2. The first kappa shape index (κ1) is 15.3. The van der Waals surface area contributed by atoms with E-state index in [-0.39, 0.29) is 0 Å². The number of methoxy groups -OCH3 is 1. The minimum Gasteiger partial charge on any atom is -0.481 e. The number of nitrogens with one attached hydrogen (secondary N) is 1. The molecule has 0 amide bonds. The van der Waals surface area contributed by atoms with E-state index in [2.05, 4.69) is 27.4 Å². The van der Waals surface area contributed by atoms with Gasteiger partial charge in [0, 0.05) is 13.2 Å². The third-order valence-corrected chi connectivity index (χ3v) is 3.26. The van der Waals surface area contributed by atoms with E-state index in [1.165, 1.54) is 17.5 Å². The highest BCUT2D eigenvalue weighted by Crippen LogP contribution is 2.21. The normalized spacial score (nSPS) is 10.4. The average Bonchev–Trinajstić information content (AvgIpc) is 2.52. The SMILES string of the molecule is CCOCc1ccccc1CNc1ncnc(OC)c1C. The summed E-state index contributed by atoms with van der Waals surface area (Å²) in [7, 11) is 1.61. The van der Waals surface area contributed by atoms with Gasteiger partial charge in [0.05, 0.1) is 19.3 Å². The Balaban J connectivity index is 2.10. The Morgan fingerprint density at radius 3 is 2.62 bits per heavy atom. The van der Waals surface area contributed by atoms with Crippen molar-refractivity contribution in [2.45, 2.75) is 27.0 Å². The molecule has 1 N–H and O–H groups in total. The lowest BCUT2D eigenvalue weighted by atomic mass is 10.1. The van der Waals surface area contributed by atoms with Crippen LogP contribution in [0.15, 0.2) is 30.6 Å². The molecule has 5 nitrogen and oxygen atoms in total. The molecule has 0 unspecified atom stereocenters. The number of anilines is 1. The number of nitrogens with zero attached hydrogens (tertiary/aromatic N) is 2. The number of rotatable bonds is 7. The Bertz CT molecular complexity index is 587. The quantitative estimate of drug-likeness (QED) is 0.848. The molecule has 0 saturated heterocycles. The monoisotopic (exact) mass is 287 g/mol. The van der Waals surface area contributed by atoms with Crippen LogP contribution in [-0.4, -0.2) is 23.7 Å². The molecule has 0 aliphatic heterocycles. The van der Waals surface area contributed by atoms with Gasteiger partial charge >= 0.3 is 0 Å². The van der Waals surface area contributed by atoms with Gasteiger partial charge in [-0.15, -0.1) is 0 Å². The highest BCUT2D eigenvalue weighted by molar-refractivity contribution is 5.48. The Morgan fingerprint density at radius 1 is 1.14 bits per heavy atom. The molecule has 0 saturated carbocycles. The van der Waals surface area contributed by atoms with E-state index < -0.39 is 0 Å². The molecule has 0 bridgehead atoms. The van der Waals surface area contributed by atoms with E-state index in [9.17, 15) is 0 Å². The molecule has 2 aromatic rings. The predicted octanol–water partition coefficient (Wildman–Crippen LogP) is 2.94. The fourth-order valence-electron chi connectivity index (χ4n) is 2.08. The van der Waals surface area contributed by atoms with Gasteiger partial charge in [0.2, 0.25) is 5.88 Å². The zero-order valence-corrected chi connectivity index (χ0v) is 12.7. The molecule has 2 rings (SSSR count). The fourth-order valence-corrected chi connectivity index (χ4v) is 2.08. The summed E-state index contributed by atoms with van der Waals surface area (Å²) in [6.45, 7) is 5.96. The summed E-state index contributed by atoms with van der Waals surface area (Å²) in [6, 6.07) is 8.23. The summed E-state index contributed by atoms with van der Waals surface area (Å²) in [5.74, 6) is 1.38. The first-order chi connectivity index (χ1) is 10.3. The van der Waals surface area contributed by atoms with Crippen molar-refractivity contribution < 1.29 is 9.47 Å². The lowest BCUT2D eigenvalue weighted by Gasteiger charge is -2.13. The lowest BCUT2D eigenvalue weighted by molar-refractivity contribution is 0.133. The smallest absolute Gasteiger partial charge is 0.221 e. The van der Waals surface area contributed by atoms with Crippen molar-refractivity contribution in [3.63, 3.8) is 0 Å². The van der Waals surface area contributed by atoms with Gasteiger partial charge < -0.3 is 14.8 Å². The zero-order valence-electron chi connectivity index (χ0n) is 12.7. The highest BCUT2D eigenvalue weighted by atomic mass is 16.5. The second-order valence-corrected chi connectivity index (χ2v) is 4.62. The molecule has 0 aliphatic carbocycles. The van der Waals surface area contributed by atoms with Crippen LogP contribution in [0, 0.1) is 6.92 Å². The number of hydrogen-bond acceptors (Lipinski definition) is 5. The first-order valence-electron chi connectivity index (χ1n) is 7.00. The molecular weight excluding hydrogens is 266 g/mol. The van der Waals surface area contributed by atoms with Crippen LogP contribution in [-0.2, 0) is 17.9 Å². The van der Waals surface area contributed by atoms with E-state index in [4.69, 9.17) is 9.47 Å². The van der Waals surface area contributed by atoms with E-state index in [0.717, 1.165) is 11.4 Å². The van der Waals surface area contributed by atoms with Crippen molar-refractivity contribution in [2.24, 2.45) is 0 Å². The molecule has 0 aliphatic rings. The molecule has 1 aromatic heterocycles. The molecule has 5 heteroatoms. The molecule has 21 heavy (non-hydrogen) atoms. The molecule has 1 heterocycles. The molecular formula is C16H21N3O2. The predicted molar refractivity (Wildman–Crippen MR) is 82.4 cm³/mol. The maximum absolute atomic E-state index is 5.50. The number of benzene rings is 1. The topological polar surface area (TPSA) is 56.3 Å². The Morgan fingerprint density at radius 2 is 1.90 bits per heavy atom. The summed E-state index contributed by atoms with van der Waals surface area (Å²) < 4.78 is 10.7. The van der Waals surface area contributed by atoms with Crippen molar-refractivity contribution in [2.75, 3.05) is 19.0 Å². The number of aromatic nitrogens is 2. The highest BCUT2D eigenvalue weighted by Gasteiger charge is 2.08. The van der Waals surface area contributed by atoms with Crippen molar-refractivity contribution in [3.8, 4) is 5.88 Å². The van der Waals surface area contributed by atoms with Gasteiger partial charge in [-0.25, -0.2) is 9.97 Å². The summed E-state index contributed by atoms with van der Waals surface area (Å²) in [4.78, 5) is 8.34. The molecule has 112 valence electrons. The minimum absolute atomic E-state index is 0.593. The van der Waals surface area contributed by atoms with E-state index in [1.807, 2.05) is 26.0 Å². The van der Waals surface area contributed by atoms with Crippen LogP contribution in [0.25, 0.3) is 0 Å². The molecule has 0 fully saturated rings. The van der Waals surface area contributed by atoms with Gasteiger partial charge in [0.1, 0.15) is 12.1 Å². The van der Waals surface area contributed by atoms with Gasteiger partial charge in [0.15, 0.2) is 0 Å². The largest absolute Gasteiger partial charge is 0.481 e. The van der Waals surface area contributed by atoms with E-state index in [1.54, 1.807) is 7.11 Å². The summed E-state index contributed by atoms with van der Waals surface area (Å²) in [5, 5.41) is 3.33. The van der Waals surface area contributed by atoms with Gasteiger partial charge in [0.25, 0.3) is 0 Å². The van der Waals surface area contributed by atoms with Crippen LogP contribution in [0.3, 0.4) is 0 Å². The molecule has 0 atom stereocenters. The standard InChI is InChI=1S/C16H21N3O2/c1-4-21-10-14-8-6-5-7-13(14)9-17-15-12(2)16(20-3)19-11-18-15/h5-8,11H,4,9-10H2,1-3H3,(H,17,18,19). The van der Waals surface area contributed by atoms with Crippen molar-refractivity contribution in [1.82, 2.24) is 9.97 Å². The van der Waals surface area contributed by atoms with Crippen molar-refractivity contribution in [3.05, 3.63) is 47.3 Å². The van der Waals surface area contributed by atoms with Gasteiger partial charge in [-0.1, -0.05) is 24.3 Å². The van der Waals surface area contributed by atoms with Crippen molar-refractivity contribution >= 4 is 5.82 Å². The third kappa shape index (κ3) is 3.92. The Kier molecular flexibility index (Phi) is 5.51. The zero-order chi connectivity index (χ0) is 15.1. The van der Waals surface area contributed by atoms with Crippen LogP contribution < -0.4 is 10.1 Å². The fraction of sp³-hybridized carbons (Fsp3) is 0.375. The summed E-state index contributed by atoms with van der Waals surface area (Å²) in [6.07, 6.45) is 1.50. The number of hydrogen-bond donors (Lipinski definition) is 1. The van der Waals surface area contributed by atoms with Gasteiger partial charge in [-0.05, 0) is 25.0 Å². The Labute approximate surface area is 125 Å². The minimum atomic E-state index is 0.593. The summed E-state index contributed by atoms with van der Waals surface area (Å²) >= 11 is 0. The maximum Gasteiger partial charge on any atom is 0.221 e. The van der Waals surface area contributed by atoms with Crippen LogP contribution in [0.4, 0.5) is 5.82 Å². The average molecular weight is 287 g/mol. The molecule has 1 aromatic carbocycles. The lowest BCUT2D eigenvalue weighted by Crippen LogP contribution is -2.07. The third-order valence-electron chi connectivity index (χ3n) is 3.26. The Hall–Kier alpha value is -2.14. The van der Waals surface area contributed by atoms with Gasteiger partial charge in [-0.3, -0.25) is 0 Å². The van der Waals surface area contributed by atoms with Crippen LogP contribution in [0.5, 0.6) is 5.88 Å². The first-order valence-corrected chi connectivity index (χ1v) is 7.00. The molecule has 0 spiro atoms. The van der Waals surface area contributed by atoms with Crippen LogP contribution in [0.1, 0.15) is 23.6 Å². The van der Waals surface area contributed by atoms with Crippen LogP contribution in [0.2, 0.25) is 0 Å². The molecule has 0 radical (unpaired) electrons.